The molecule has 1 aromatic heterocycles. The van der Waals surface area contributed by atoms with Gasteiger partial charge in [-0.25, -0.2) is 13.9 Å². The van der Waals surface area contributed by atoms with Crippen molar-refractivity contribution in [2.24, 2.45) is 0 Å². The molecule has 1 aliphatic heterocycles. The van der Waals surface area contributed by atoms with Crippen LogP contribution < -0.4 is 15.5 Å². The van der Waals surface area contributed by atoms with E-state index in [1.54, 1.807) is 23.7 Å². The van der Waals surface area contributed by atoms with E-state index < -0.39 is 20.5 Å². The van der Waals surface area contributed by atoms with E-state index in [9.17, 15) is 18.0 Å². The Bertz CT molecular complexity index is 1020. The summed E-state index contributed by atoms with van der Waals surface area (Å²) in [4.78, 5) is 24.7. The molecule has 0 saturated carbocycles. The van der Waals surface area contributed by atoms with Crippen molar-refractivity contribution in [3.63, 3.8) is 0 Å². The number of hydroxylamine groups is 1. The van der Waals surface area contributed by atoms with Crippen LogP contribution in [0.1, 0.15) is 30.6 Å². The van der Waals surface area contributed by atoms with Crippen LogP contribution in [0.2, 0.25) is 0 Å². The molecule has 0 radical (unpaired) electrons. The van der Waals surface area contributed by atoms with Gasteiger partial charge in [0.15, 0.2) is 16.4 Å². The molecule has 0 unspecified atom stereocenters. The summed E-state index contributed by atoms with van der Waals surface area (Å²) in [7, 11) is -2.02. The van der Waals surface area contributed by atoms with Crippen molar-refractivity contribution in [2.45, 2.75) is 30.4 Å². The van der Waals surface area contributed by atoms with Crippen LogP contribution in [0.3, 0.4) is 0 Å². The van der Waals surface area contributed by atoms with Crippen LogP contribution in [-0.2, 0) is 24.2 Å². The Morgan fingerprint density at radius 1 is 1.13 bits per heavy atom. The fourth-order valence-electron chi connectivity index (χ4n) is 3.59. The number of carbonyl (C=O) groups excluding carboxylic acids is 2. The van der Waals surface area contributed by atoms with Crippen molar-refractivity contribution < 1.29 is 28.0 Å². The van der Waals surface area contributed by atoms with Crippen molar-refractivity contribution in [3.8, 4) is 16.2 Å². The molecule has 1 aromatic carbocycles. The molecule has 2 aromatic rings. The molecule has 3 N–H and O–H groups in total. The Morgan fingerprint density at radius 3 is 2.50 bits per heavy atom. The highest BCUT2D eigenvalue weighted by molar-refractivity contribution is 7.92. The fraction of sp³-hybridized carbons (Fsp3) is 0.400. The van der Waals surface area contributed by atoms with Crippen molar-refractivity contribution in [1.29, 1.82) is 0 Å². The standard InChI is InChI=1S/C20H24N2O6S2/c1-21-19(24)13-28-15-6-4-14(5-7-15)16-8-9-17(29-16)20(12-18(23)22-25)10-2-3-11-30(20,26)27/h4-9,25H,2-3,10-13H2,1H3,(H,21,24)(H,22,23)/t20-/m0/s1. The van der Waals surface area contributed by atoms with Crippen molar-refractivity contribution >= 4 is 33.0 Å². The summed E-state index contributed by atoms with van der Waals surface area (Å²) in [5, 5.41) is 11.5. The van der Waals surface area contributed by atoms with Crippen molar-refractivity contribution in [1.82, 2.24) is 10.8 Å². The Morgan fingerprint density at radius 2 is 1.87 bits per heavy atom. The number of sulfone groups is 1. The molecule has 8 nitrogen and oxygen atoms in total. The molecule has 2 heterocycles. The highest BCUT2D eigenvalue weighted by atomic mass is 32.2. The number of ether oxygens (including phenoxy) is 1. The minimum Gasteiger partial charge on any atom is -0.484 e. The molecule has 2 amide bonds. The monoisotopic (exact) mass is 452 g/mol. The van der Waals surface area contributed by atoms with E-state index in [0.29, 0.717) is 29.9 Å². The summed E-state index contributed by atoms with van der Waals surface area (Å²) in [5.74, 6) is -0.373. The molecule has 1 fully saturated rings. The summed E-state index contributed by atoms with van der Waals surface area (Å²) in [6.07, 6.45) is 1.30. The van der Waals surface area contributed by atoms with Crippen LogP contribution in [0, 0.1) is 0 Å². The Hall–Kier alpha value is -2.43. The third-order valence-corrected chi connectivity index (χ3v) is 9.31. The van der Waals surface area contributed by atoms with E-state index in [-0.39, 0.29) is 24.7 Å². The first kappa shape index (κ1) is 22.3. The second-order valence-electron chi connectivity index (χ2n) is 7.13. The highest BCUT2D eigenvalue weighted by Crippen LogP contribution is 2.47. The quantitative estimate of drug-likeness (QED) is 0.437. The van der Waals surface area contributed by atoms with Gasteiger partial charge in [0.1, 0.15) is 10.5 Å². The maximum Gasteiger partial charge on any atom is 0.257 e. The Balaban J connectivity index is 1.87. The molecule has 1 aliphatic rings. The number of amides is 2. The first-order chi connectivity index (χ1) is 14.3. The van der Waals surface area contributed by atoms with E-state index in [4.69, 9.17) is 9.94 Å². The van der Waals surface area contributed by atoms with E-state index in [1.165, 1.54) is 18.4 Å². The van der Waals surface area contributed by atoms with Crippen molar-refractivity contribution in [3.05, 3.63) is 41.3 Å². The Labute approximate surface area is 179 Å². The molecule has 0 bridgehead atoms. The molecule has 1 saturated heterocycles. The van der Waals surface area contributed by atoms with E-state index in [1.807, 2.05) is 18.2 Å². The fourth-order valence-corrected chi connectivity index (χ4v) is 7.37. The molecular formula is C20H24N2O6S2. The number of hydrogen-bond donors (Lipinski definition) is 3. The maximum atomic E-state index is 13.0. The number of hydrogen-bond acceptors (Lipinski definition) is 7. The summed E-state index contributed by atoms with van der Waals surface area (Å²) in [6.45, 7) is -0.0771. The lowest BCUT2D eigenvalue weighted by molar-refractivity contribution is -0.130. The topological polar surface area (TPSA) is 122 Å². The second-order valence-corrected chi connectivity index (χ2v) is 10.6. The van der Waals surface area contributed by atoms with Gasteiger partial charge in [-0.1, -0.05) is 6.42 Å². The van der Waals surface area contributed by atoms with Gasteiger partial charge in [-0.3, -0.25) is 14.8 Å². The lowest BCUT2D eigenvalue weighted by Crippen LogP contribution is -2.43. The van der Waals surface area contributed by atoms with E-state index in [0.717, 1.165) is 10.4 Å². The molecule has 10 heteroatoms. The van der Waals surface area contributed by atoms with Gasteiger partial charge in [-0.2, -0.15) is 0 Å². The summed E-state index contributed by atoms with van der Waals surface area (Å²) < 4.78 is 30.1. The van der Waals surface area contributed by atoms with Gasteiger partial charge in [0, 0.05) is 16.8 Å². The number of thiophene rings is 1. The third-order valence-electron chi connectivity index (χ3n) is 5.25. The van der Waals surface area contributed by atoms with Gasteiger partial charge < -0.3 is 10.1 Å². The lowest BCUT2D eigenvalue weighted by Gasteiger charge is -2.35. The average Bonchev–Trinajstić information content (AvgIpc) is 3.24. The van der Waals surface area contributed by atoms with Gasteiger partial charge in [0.2, 0.25) is 5.91 Å². The molecule has 3 rings (SSSR count). The SMILES string of the molecule is CNC(=O)COc1ccc(-c2ccc([C@@]3(CC(=O)NO)CCCCS3(=O)=O)s2)cc1. The maximum absolute atomic E-state index is 13.0. The molecule has 0 aliphatic carbocycles. The van der Waals surface area contributed by atoms with E-state index >= 15 is 0 Å². The zero-order chi connectivity index (χ0) is 21.8. The van der Waals surface area contributed by atoms with Crippen LogP contribution in [0.4, 0.5) is 0 Å². The van der Waals surface area contributed by atoms with E-state index in [2.05, 4.69) is 5.32 Å². The van der Waals surface area contributed by atoms with Crippen LogP contribution >= 0.6 is 11.3 Å². The molecule has 1 atom stereocenters. The third kappa shape index (κ3) is 4.50. The predicted molar refractivity (Wildman–Crippen MR) is 113 cm³/mol. The highest BCUT2D eigenvalue weighted by Gasteiger charge is 2.49. The predicted octanol–water partition coefficient (Wildman–Crippen LogP) is 2.23. The zero-order valence-corrected chi connectivity index (χ0v) is 18.1. The molecule has 162 valence electrons. The first-order valence-corrected chi connectivity index (χ1v) is 12.0. The number of likely N-dealkylation sites (N-methyl/N-ethyl adjacent to an activating group) is 1. The van der Waals surface area contributed by atoms with Gasteiger partial charge >= 0.3 is 0 Å². The van der Waals surface area contributed by atoms with Crippen LogP contribution in [0.15, 0.2) is 36.4 Å². The zero-order valence-electron chi connectivity index (χ0n) is 16.5. The second kappa shape index (κ2) is 9.15. The molecule has 0 spiro atoms. The number of benzene rings is 1. The number of rotatable bonds is 7. The van der Waals surface area contributed by atoms with Gasteiger partial charge in [0.25, 0.3) is 5.91 Å². The first-order valence-electron chi connectivity index (χ1n) is 9.51. The lowest BCUT2D eigenvalue weighted by atomic mass is 9.94. The van der Waals surface area contributed by atoms with Crippen molar-refractivity contribution in [2.75, 3.05) is 19.4 Å². The van der Waals surface area contributed by atoms with Crippen LogP contribution in [0.5, 0.6) is 5.75 Å². The summed E-state index contributed by atoms with van der Waals surface area (Å²) in [5.41, 5.74) is 2.44. The number of nitrogens with one attached hydrogen (secondary N) is 2. The minimum atomic E-state index is -3.56. The van der Waals surface area contributed by atoms with Gasteiger partial charge in [-0.15, -0.1) is 11.3 Å². The smallest absolute Gasteiger partial charge is 0.257 e. The normalized spacial score (nSPS) is 20.3. The van der Waals surface area contributed by atoms with Crippen LogP contribution in [0.25, 0.3) is 10.4 Å². The largest absolute Gasteiger partial charge is 0.484 e. The summed E-state index contributed by atoms with van der Waals surface area (Å²) in [6, 6.07) is 10.7. The van der Waals surface area contributed by atoms with Gasteiger partial charge in [0.05, 0.1) is 12.2 Å². The molecular weight excluding hydrogens is 428 g/mol. The Kier molecular flexibility index (Phi) is 6.79. The molecule has 30 heavy (non-hydrogen) atoms. The minimum absolute atomic E-state index is 0.0241. The summed E-state index contributed by atoms with van der Waals surface area (Å²) >= 11 is 1.33. The van der Waals surface area contributed by atoms with Crippen LogP contribution in [-0.4, -0.2) is 44.8 Å². The number of carbonyl (C=O) groups is 2. The van der Waals surface area contributed by atoms with Gasteiger partial charge in [-0.05, 0) is 54.8 Å². The average molecular weight is 453 g/mol.